The zero-order valence-electron chi connectivity index (χ0n) is 19.7. The zero-order valence-corrected chi connectivity index (χ0v) is 19.7. The summed E-state index contributed by atoms with van der Waals surface area (Å²) in [5.41, 5.74) is 1.39. The lowest BCUT2D eigenvalue weighted by molar-refractivity contribution is -0.385. The van der Waals surface area contributed by atoms with E-state index in [1.807, 2.05) is 12.1 Å². The lowest BCUT2D eigenvalue weighted by atomic mass is 10.1. The molecular formula is C26H25N3O7. The highest BCUT2D eigenvalue weighted by atomic mass is 16.7. The number of carbonyl (C=O) groups excluding carboxylic acids is 2. The van der Waals surface area contributed by atoms with Crippen molar-refractivity contribution in [3.8, 4) is 11.5 Å². The van der Waals surface area contributed by atoms with E-state index in [4.69, 9.17) is 13.9 Å². The van der Waals surface area contributed by atoms with Crippen LogP contribution >= 0.6 is 0 Å². The van der Waals surface area contributed by atoms with Gasteiger partial charge in [-0.1, -0.05) is 12.1 Å². The topological polar surface area (TPSA) is 115 Å². The lowest BCUT2D eigenvalue weighted by Crippen LogP contribution is -2.43. The van der Waals surface area contributed by atoms with Crippen LogP contribution in [-0.4, -0.2) is 45.9 Å². The van der Waals surface area contributed by atoms with E-state index in [-0.39, 0.29) is 49.6 Å². The average Bonchev–Trinajstić information content (AvgIpc) is 3.36. The van der Waals surface area contributed by atoms with E-state index >= 15 is 0 Å². The van der Waals surface area contributed by atoms with Crippen molar-refractivity contribution in [1.82, 2.24) is 9.80 Å². The summed E-state index contributed by atoms with van der Waals surface area (Å²) in [5, 5.41) is 11.4. The van der Waals surface area contributed by atoms with Crippen LogP contribution in [0.4, 0.5) is 5.69 Å². The highest BCUT2D eigenvalue weighted by Crippen LogP contribution is 2.33. The molecule has 0 unspecified atom stereocenters. The predicted molar refractivity (Wildman–Crippen MR) is 127 cm³/mol. The Hall–Kier alpha value is -4.34. The van der Waals surface area contributed by atoms with Gasteiger partial charge in [0.2, 0.25) is 12.7 Å². The number of fused-ring (bicyclic) bond motifs is 1. The van der Waals surface area contributed by atoms with E-state index in [9.17, 15) is 19.7 Å². The molecule has 1 fully saturated rings. The predicted octanol–water partition coefficient (Wildman–Crippen LogP) is 4.06. The summed E-state index contributed by atoms with van der Waals surface area (Å²) in [5.74, 6) is 1.23. The number of carbonyl (C=O) groups is 2. The van der Waals surface area contributed by atoms with Crippen LogP contribution in [0.2, 0.25) is 0 Å². The first-order chi connectivity index (χ1) is 17.4. The van der Waals surface area contributed by atoms with Crippen LogP contribution in [0, 0.1) is 17.0 Å². The van der Waals surface area contributed by atoms with Gasteiger partial charge in [-0.2, -0.15) is 0 Å². The summed E-state index contributed by atoms with van der Waals surface area (Å²) in [6.45, 7) is 2.14. The molecule has 2 heterocycles. The number of nitro benzene ring substituents is 1. The van der Waals surface area contributed by atoms with E-state index in [0.29, 0.717) is 22.8 Å². The molecule has 1 aliphatic heterocycles. The molecule has 3 aromatic rings. The van der Waals surface area contributed by atoms with Crippen LogP contribution in [0.25, 0.3) is 0 Å². The molecule has 1 aliphatic carbocycles. The molecular weight excluding hydrogens is 466 g/mol. The maximum absolute atomic E-state index is 13.5. The largest absolute Gasteiger partial charge is 0.467 e. The highest BCUT2D eigenvalue weighted by Gasteiger charge is 2.36. The van der Waals surface area contributed by atoms with Crippen LogP contribution in [0.5, 0.6) is 11.5 Å². The number of benzene rings is 2. The minimum absolute atomic E-state index is 0.0715. The van der Waals surface area contributed by atoms with Gasteiger partial charge in [0.1, 0.15) is 12.3 Å². The van der Waals surface area contributed by atoms with Crippen molar-refractivity contribution >= 4 is 17.5 Å². The molecule has 10 heteroatoms. The number of ether oxygens (including phenoxy) is 2. The van der Waals surface area contributed by atoms with Crippen molar-refractivity contribution in [2.45, 2.75) is 38.9 Å². The number of aryl methyl sites for hydroxylation is 1. The summed E-state index contributed by atoms with van der Waals surface area (Å²) in [6, 6.07) is 13.4. The number of nitrogens with zero attached hydrogens (tertiary/aromatic N) is 3. The summed E-state index contributed by atoms with van der Waals surface area (Å²) in [4.78, 5) is 40.9. The molecule has 2 amide bonds. The monoisotopic (exact) mass is 491 g/mol. The first-order valence-corrected chi connectivity index (χ1v) is 11.6. The molecule has 1 saturated carbocycles. The summed E-state index contributed by atoms with van der Waals surface area (Å²) in [6.07, 6.45) is 3.11. The number of furan rings is 1. The Morgan fingerprint density at radius 3 is 2.58 bits per heavy atom. The van der Waals surface area contributed by atoms with E-state index in [1.165, 1.54) is 11.0 Å². The third kappa shape index (κ3) is 5.02. The number of nitro groups is 1. The van der Waals surface area contributed by atoms with E-state index < -0.39 is 10.8 Å². The third-order valence-corrected chi connectivity index (χ3v) is 6.30. The van der Waals surface area contributed by atoms with Crippen molar-refractivity contribution in [3.63, 3.8) is 0 Å². The Morgan fingerprint density at radius 2 is 1.86 bits per heavy atom. The van der Waals surface area contributed by atoms with Gasteiger partial charge >= 0.3 is 0 Å². The molecule has 2 aliphatic rings. The second-order valence-electron chi connectivity index (χ2n) is 8.94. The maximum Gasteiger partial charge on any atom is 0.273 e. The fourth-order valence-electron chi connectivity index (χ4n) is 4.19. The van der Waals surface area contributed by atoms with E-state index in [1.54, 1.807) is 48.4 Å². The Labute approximate surface area is 207 Å². The van der Waals surface area contributed by atoms with Crippen LogP contribution in [0.1, 0.15) is 40.1 Å². The van der Waals surface area contributed by atoms with Crippen molar-refractivity contribution in [3.05, 3.63) is 87.4 Å². The molecule has 0 bridgehead atoms. The lowest BCUT2D eigenvalue weighted by Gasteiger charge is -2.27. The van der Waals surface area contributed by atoms with Gasteiger partial charge in [-0.05, 0) is 55.7 Å². The number of amides is 2. The first-order valence-electron chi connectivity index (χ1n) is 11.6. The summed E-state index contributed by atoms with van der Waals surface area (Å²) < 4.78 is 16.3. The molecule has 186 valence electrons. The van der Waals surface area contributed by atoms with Gasteiger partial charge in [0.25, 0.3) is 11.6 Å². The molecule has 0 saturated heterocycles. The molecule has 0 spiro atoms. The highest BCUT2D eigenvalue weighted by molar-refractivity contribution is 5.97. The van der Waals surface area contributed by atoms with E-state index in [2.05, 4.69) is 0 Å². The average molecular weight is 492 g/mol. The standard InChI is InChI=1S/C26H25N3O7/c1-17-4-6-19(12-22(17)29(32)33)26(31)28(20-7-8-20)15-25(30)27(14-21-3-2-10-34-21)13-18-5-9-23-24(11-18)36-16-35-23/h2-6,9-12,20H,7-8,13-16H2,1H3. The Morgan fingerprint density at radius 1 is 1.06 bits per heavy atom. The van der Waals surface area contributed by atoms with Gasteiger partial charge in [0.15, 0.2) is 11.5 Å². The normalized spacial score (nSPS) is 13.9. The zero-order chi connectivity index (χ0) is 25.2. The smallest absolute Gasteiger partial charge is 0.273 e. The van der Waals surface area contributed by atoms with Crippen molar-refractivity contribution in [2.24, 2.45) is 0 Å². The van der Waals surface area contributed by atoms with Crippen LogP contribution in [0.15, 0.2) is 59.2 Å². The van der Waals surface area contributed by atoms with Gasteiger partial charge in [-0.3, -0.25) is 19.7 Å². The van der Waals surface area contributed by atoms with Crippen LogP contribution in [0.3, 0.4) is 0 Å². The molecule has 1 aromatic heterocycles. The SMILES string of the molecule is Cc1ccc(C(=O)N(CC(=O)N(Cc2ccc3c(c2)OCO3)Cc2ccco2)C2CC2)cc1[N+](=O)[O-]. The number of hydrogen-bond acceptors (Lipinski definition) is 7. The Kier molecular flexibility index (Phi) is 6.32. The van der Waals surface area contributed by atoms with Crippen molar-refractivity contribution in [2.75, 3.05) is 13.3 Å². The minimum atomic E-state index is -0.505. The van der Waals surface area contributed by atoms with Gasteiger partial charge in [-0.15, -0.1) is 0 Å². The molecule has 5 rings (SSSR count). The number of hydrogen-bond donors (Lipinski definition) is 0. The fraction of sp³-hybridized carbons (Fsp3) is 0.308. The molecule has 36 heavy (non-hydrogen) atoms. The molecule has 0 radical (unpaired) electrons. The summed E-state index contributed by atoms with van der Waals surface area (Å²) in [7, 11) is 0. The minimum Gasteiger partial charge on any atom is -0.467 e. The van der Waals surface area contributed by atoms with E-state index in [0.717, 1.165) is 18.4 Å². The van der Waals surface area contributed by atoms with Gasteiger partial charge in [0, 0.05) is 29.8 Å². The van der Waals surface area contributed by atoms with Crippen LogP contribution < -0.4 is 9.47 Å². The number of rotatable bonds is 9. The Bertz CT molecular complexity index is 1300. The van der Waals surface area contributed by atoms with Crippen LogP contribution in [-0.2, 0) is 17.9 Å². The van der Waals surface area contributed by atoms with Gasteiger partial charge < -0.3 is 23.7 Å². The van der Waals surface area contributed by atoms with Crippen molar-refractivity contribution < 1.29 is 28.4 Å². The van der Waals surface area contributed by atoms with Gasteiger partial charge in [-0.25, -0.2) is 0 Å². The molecule has 0 N–H and O–H groups in total. The van der Waals surface area contributed by atoms with Crippen molar-refractivity contribution in [1.29, 1.82) is 0 Å². The third-order valence-electron chi connectivity index (χ3n) is 6.30. The maximum atomic E-state index is 13.5. The molecule has 0 atom stereocenters. The quantitative estimate of drug-likeness (QED) is 0.327. The second kappa shape index (κ2) is 9.73. The fourth-order valence-corrected chi connectivity index (χ4v) is 4.19. The first kappa shape index (κ1) is 23.4. The molecule has 10 nitrogen and oxygen atoms in total. The van der Waals surface area contributed by atoms with Gasteiger partial charge in [0.05, 0.1) is 17.7 Å². The second-order valence-corrected chi connectivity index (χ2v) is 8.94. The molecule has 2 aromatic carbocycles. The summed E-state index contributed by atoms with van der Waals surface area (Å²) >= 11 is 0. The Balaban J connectivity index is 1.37.